The zero-order valence-corrected chi connectivity index (χ0v) is 20.2. The molecule has 31 heavy (non-hydrogen) atoms. The predicted molar refractivity (Wildman–Crippen MR) is 129 cm³/mol. The normalized spacial score (nSPS) is 13.6. The van der Waals surface area contributed by atoms with E-state index in [9.17, 15) is 0 Å². The third kappa shape index (κ3) is 3.49. The molecular formula is C24H31N5OSi. The number of ether oxygens (including phenoxy) is 1. The van der Waals surface area contributed by atoms with Gasteiger partial charge in [0.05, 0.1) is 23.2 Å². The van der Waals surface area contributed by atoms with Gasteiger partial charge in [-0.2, -0.15) is 0 Å². The molecule has 0 fully saturated rings. The molecule has 0 spiro atoms. The molecule has 0 unspecified atom stereocenters. The van der Waals surface area contributed by atoms with Gasteiger partial charge < -0.3 is 15.0 Å². The first-order chi connectivity index (χ1) is 14.8. The summed E-state index contributed by atoms with van der Waals surface area (Å²) in [5.41, 5.74) is 15.1. The van der Waals surface area contributed by atoms with Crippen molar-refractivity contribution in [1.82, 2.24) is 19.5 Å². The van der Waals surface area contributed by atoms with Gasteiger partial charge >= 0.3 is 0 Å². The van der Waals surface area contributed by atoms with Crippen molar-refractivity contribution in [3.63, 3.8) is 0 Å². The molecule has 2 N–H and O–H groups in total. The summed E-state index contributed by atoms with van der Waals surface area (Å²) < 4.78 is 8.22. The van der Waals surface area contributed by atoms with Crippen molar-refractivity contribution in [2.75, 3.05) is 12.3 Å². The predicted octanol–water partition coefficient (Wildman–Crippen LogP) is 5.04. The molecule has 1 aliphatic rings. The lowest BCUT2D eigenvalue weighted by Gasteiger charge is -2.38. The number of hydrogen-bond donors (Lipinski definition) is 1. The summed E-state index contributed by atoms with van der Waals surface area (Å²) in [6.07, 6.45) is 3.37. The summed E-state index contributed by atoms with van der Waals surface area (Å²) in [4.78, 5) is 13.3. The minimum atomic E-state index is -1.82. The molecular weight excluding hydrogens is 402 g/mol. The maximum Gasteiger partial charge on any atom is 0.146 e. The highest BCUT2D eigenvalue weighted by atomic mass is 28.3. The second kappa shape index (κ2) is 8.01. The molecule has 0 radical (unpaired) electrons. The third-order valence-electron chi connectivity index (χ3n) is 6.71. The Labute approximate surface area is 185 Å². The molecule has 0 atom stereocenters. The Balaban J connectivity index is 1.79. The van der Waals surface area contributed by atoms with Gasteiger partial charge in [-0.15, -0.1) is 5.54 Å². The fourth-order valence-electron chi connectivity index (χ4n) is 5.20. The van der Waals surface area contributed by atoms with Crippen molar-refractivity contribution in [2.45, 2.75) is 64.7 Å². The number of nitrogen functional groups attached to an aromatic ring is 1. The SMILES string of the molecule is CC(C)[Si](C#Cc1cc2c(cn1)-c1cc3c(N)ncnc3n1CCO2)(C(C)C)C(C)C. The number of pyridine rings is 1. The largest absolute Gasteiger partial charge is 0.491 e. The van der Waals surface area contributed by atoms with Crippen LogP contribution in [0.2, 0.25) is 16.6 Å². The second-order valence-corrected chi connectivity index (χ2v) is 14.8. The first-order valence-electron chi connectivity index (χ1n) is 11.0. The van der Waals surface area contributed by atoms with Gasteiger partial charge in [0.25, 0.3) is 0 Å². The smallest absolute Gasteiger partial charge is 0.146 e. The van der Waals surface area contributed by atoms with Crippen LogP contribution < -0.4 is 10.5 Å². The van der Waals surface area contributed by atoms with E-state index in [0.29, 0.717) is 35.6 Å². The molecule has 4 rings (SSSR count). The highest BCUT2D eigenvalue weighted by Crippen LogP contribution is 2.41. The van der Waals surface area contributed by atoms with Crippen molar-refractivity contribution < 1.29 is 4.74 Å². The molecule has 3 aromatic rings. The van der Waals surface area contributed by atoms with E-state index in [1.165, 1.54) is 6.33 Å². The van der Waals surface area contributed by atoms with Crippen LogP contribution in [0.5, 0.6) is 5.75 Å². The van der Waals surface area contributed by atoms with E-state index in [2.05, 4.69) is 67.5 Å². The number of rotatable bonds is 3. The van der Waals surface area contributed by atoms with Crippen LogP contribution in [0.3, 0.4) is 0 Å². The topological polar surface area (TPSA) is 78.9 Å². The minimum Gasteiger partial charge on any atom is -0.491 e. The van der Waals surface area contributed by atoms with Crippen LogP contribution in [-0.2, 0) is 6.54 Å². The van der Waals surface area contributed by atoms with E-state index in [4.69, 9.17) is 15.5 Å². The fraction of sp³-hybridized carbons (Fsp3) is 0.458. The number of nitrogens with zero attached hydrogens (tertiary/aromatic N) is 4. The first-order valence-corrected chi connectivity index (χ1v) is 13.2. The van der Waals surface area contributed by atoms with Crippen molar-refractivity contribution >= 4 is 24.9 Å². The number of aromatic nitrogens is 4. The molecule has 7 heteroatoms. The molecule has 0 saturated heterocycles. The van der Waals surface area contributed by atoms with Crippen LogP contribution in [0, 0.1) is 11.5 Å². The molecule has 3 aromatic heterocycles. The maximum atomic E-state index is 6.09. The molecule has 0 saturated carbocycles. The highest BCUT2D eigenvalue weighted by Gasteiger charge is 2.41. The van der Waals surface area contributed by atoms with Gasteiger partial charge in [-0.3, -0.25) is 0 Å². The Morgan fingerprint density at radius 3 is 2.42 bits per heavy atom. The number of hydrogen-bond acceptors (Lipinski definition) is 5. The van der Waals surface area contributed by atoms with Crippen molar-refractivity contribution in [3.05, 3.63) is 30.4 Å². The van der Waals surface area contributed by atoms with Crippen LogP contribution in [0.1, 0.15) is 47.2 Å². The Hall–Kier alpha value is -2.85. The van der Waals surface area contributed by atoms with Gasteiger partial charge in [-0.1, -0.05) is 47.5 Å². The van der Waals surface area contributed by atoms with Crippen LogP contribution in [0.4, 0.5) is 5.82 Å². The Morgan fingerprint density at radius 1 is 1.03 bits per heavy atom. The van der Waals surface area contributed by atoms with E-state index >= 15 is 0 Å². The van der Waals surface area contributed by atoms with E-state index < -0.39 is 8.07 Å². The van der Waals surface area contributed by atoms with Crippen molar-refractivity contribution in [2.24, 2.45) is 0 Å². The summed E-state index contributed by atoms with van der Waals surface area (Å²) in [6.45, 7) is 15.2. The van der Waals surface area contributed by atoms with Gasteiger partial charge in [-0.05, 0) is 22.7 Å². The molecule has 4 heterocycles. The molecule has 0 amide bonds. The number of anilines is 1. The summed E-state index contributed by atoms with van der Waals surface area (Å²) >= 11 is 0. The first kappa shape index (κ1) is 21.4. The quantitative estimate of drug-likeness (QED) is 0.462. The average molecular weight is 434 g/mol. The standard InChI is InChI=1S/C24H31N5OSi/c1-15(2)31(16(3)4,17(5)6)10-7-18-11-22-20(13-26-18)21-12-19-23(25)27-14-28-24(19)29(21)8-9-30-22/h11-17H,8-9H2,1-6H3,(H2,25,27,28). The lowest BCUT2D eigenvalue weighted by atomic mass is 10.1. The Morgan fingerprint density at radius 2 is 1.74 bits per heavy atom. The van der Waals surface area contributed by atoms with Crippen LogP contribution in [0.15, 0.2) is 24.7 Å². The monoisotopic (exact) mass is 433 g/mol. The van der Waals surface area contributed by atoms with Gasteiger partial charge in [0.1, 0.15) is 43.9 Å². The summed E-state index contributed by atoms with van der Waals surface area (Å²) in [5.74, 6) is 4.72. The molecule has 162 valence electrons. The van der Waals surface area contributed by atoms with E-state index in [1.807, 2.05) is 18.3 Å². The molecule has 0 aromatic carbocycles. The van der Waals surface area contributed by atoms with Crippen molar-refractivity contribution in [3.8, 4) is 28.5 Å². The zero-order chi connectivity index (χ0) is 22.3. The maximum absolute atomic E-state index is 6.09. The van der Waals surface area contributed by atoms with Crippen LogP contribution in [0.25, 0.3) is 22.3 Å². The molecule has 0 aliphatic carbocycles. The van der Waals surface area contributed by atoms with E-state index in [-0.39, 0.29) is 0 Å². The van der Waals surface area contributed by atoms with Crippen molar-refractivity contribution in [1.29, 1.82) is 0 Å². The van der Waals surface area contributed by atoms with Crippen LogP contribution in [-0.4, -0.2) is 34.2 Å². The van der Waals surface area contributed by atoms with E-state index in [0.717, 1.165) is 33.7 Å². The Kier molecular flexibility index (Phi) is 5.52. The van der Waals surface area contributed by atoms with Crippen LogP contribution >= 0.6 is 0 Å². The second-order valence-electron chi connectivity index (χ2n) is 9.24. The summed E-state index contributed by atoms with van der Waals surface area (Å²) in [5, 5.41) is 0.857. The minimum absolute atomic E-state index is 0.487. The molecule has 0 bridgehead atoms. The fourth-order valence-corrected chi connectivity index (χ4v) is 10.4. The summed E-state index contributed by atoms with van der Waals surface area (Å²) in [6, 6.07) is 4.00. The average Bonchev–Trinajstić information content (AvgIpc) is 2.98. The number of fused-ring (bicyclic) bond motifs is 5. The van der Waals surface area contributed by atoms with E-state index in [1.54, 1.807) is 0 Å². The zero-order valence-electron chi connectivity index (χ0n) is 19.2. The van der Waals surface area contributed by atoms with Gasteiger partial charge in [0.2, 0.25) is 0 Å². The number of nitrogens with two attached hydrogens (primary N) is 1. The lowest BCUT2D eigenvalue weighted by Crippen LogP contribution is -2.43. The Bertz CT molecular complexity index is 1160. The van der Waals surface area contributed by atoms with Gasteiger partial charge in [-0.25, -0.2) is 15.0 Å². The lowest BCUT2D eigenvalue weighted by molar-refractivity contribution is 0.308. The molecule has 6 nitrogen and oxygen atoms in total. The van der Waals surface area contributed by atoms with Gasteiger partial charge in [0, 0.05) is 12.3 Å². The highest BCUT2D eigenvalue weighted by molar-refractivity contribution is 6.90. The molecule has 1 aliphatic heterocycles. The third-order valence-corrected chi connectivity index (χ3v) is 13.0. The van der Waals surface area contributed by atoms with Gasteiger partial charge in [0.15, 0.2) is 0 Å². The summed E-state index contributed by atoms with van der Waals surface area (Å²) in [7, 11) is -1.82.